The quantitative estimate of drug-likeness (QED) is 0.496. The molecular weight excluding hydrogens is 496 g/mol. The third-order valence-corrected chi connectivity index (χ3v) is 5.98. The summed E-state index contributed by atoms with van der Waals surface area (Å²) in [5.74, 6) is -1.93. The molecule has 0 saturated carbocycles. The van der Waals surface area contributed by atoms with E-state index in [9.17, 15) is 27.2 Å². The van der Waals surface area contributed by atoms with Crippen LogP contribution in [0.4, 0.5) is 27.5 Å². The predicted molar refractivity (Wildman–Crippen MR) is 115 cm³/mol. The number of alkyl halides is 3. The summed E-state index contributed by atoms with van der Waals surface area (Å²) in [7, 11) is 1.44. The van der Waals surface area contributed by atoms with E-state index in [-0.39, 0.29) is 35.7 Å². The Morgan fingerprint density at radius 2 is 1.94 bits per heavy atom. The molecule has 1 aliphatic heterocycles. The van der Waals surface area contributed by atoms with Crippen molar-refractivity contribution >= 4 is 38.8 Å². The third-order valence-electron chi connectivity index (χ3n) is 5.10. The average Bonchev–Trinajstić information content (AvgIpc) is 3.22. The second-order valence-corrected chi connectivity index (χ2v) is 8.41. The zero-order chi connectivity index (χ0) is 25.2. The number of aromatic nitrogens is 3. The Balaban J connectivity index is 1.27. The second kappa shape index (κ2) is 9.95. The first-order valence-electron chi connectivity index (χ1n) is 10.2. The SMILES string of the molecule is COc1ncnc2sc(NC(=O)ON3CCC(NC(=O)c4ccc(F)c(C(F)(F)F)c4)CC3)nc12. The van der Waals surface area contributed by atoms with Crippen molar-refractivity contribution < 1.29 is 36.7 Å². The molecule has 2 amide bonds. The molecule has 3 heterocycles. The van der Waals surface area contributed by atoms with E-state index in [4.69, 9.17) is 9.57 Å². The number of carbonyl (C=O) groups excluding carboxylic acids is 2. The molecule has 1 aliphatic rings. The Hall–Kier alpha value is -3.59. The topological polar surface area (TPSA) is 119 Å². The van der Waals surface area contributed by atoms with Gasteiger partial charge in [0.15, 0.2) is 15.5 Å². The van der Waals surface area contributed by atoms with Gasteiger partial charge in [-0.05, 0) is 31.0 Å². The molecule has 2 N–H and O–H groups in total. The van der Waals surface area contributed by atoms with Gasteiger partial charge >= 0.3 is 12.3 Å². The minimum Gasteiger partial charge on any atom is -0.479 e. The highest BCUT2D eigenvalue weighted by molar-refractivity contribution is 7.22. The zero-order valence-corrected chi connectivity index (χ0v) is 18.9. The van der Waals surface area contributed by atoms with Gasteiger partial charge in [0.1, 0.15) is 12.1 Å². The van der Waals surface area contributed by atoms with Gasteiger partial charge in [-0.15, -0.1) is 5.06 Å². The maximum absolute atomic E-state index is 13.4. The molecule has 3 aromatic rings. The molecule has 0 radical (unpaired) electrons. The first kappa shape index (κ1) is 24.5. The monoisotopic (exact) mass is 514 g/mol. The Morgan fingerprint density at radius 1 is 1.20 bits per heavy atom. The Kier molecular flexibility index (Phi) is 6.98. The number of hydroxylamine groups is 2. The highest BCUT2D eigenvalue weighted by Crippen LogP contribution is 2.32. The molecular formula is C20H18F4N6O4S. The van der Waals surface area contributed by atoms with Crippen molar-refractivity contribution in [2.45, 2.75) is 25.1 Å². The number of hydrogen-bond acceptors (Lipinski definition) is 9. The number of amides is 2. The Labute approximate surface area is 199 Å². The van der Waals surface area contributed by atoms with Crippen LogP contribution in [0.3, 0.4) is 0 Å². The highest BCUT2D eigenvalue weighted by atomic mass is 32.1. The molecule has 0 unspecified atom stereocenters. The van der Waals surface area contributed by atoms with Crippen molar-refractivity contribution in [1.29, 1.82) is 0 Å². The first-order chi connectivity index (χ1) is 16.6. The fourth-order valence-corrected chi connectivity index (χ4v) is 4.19. The number of nitrogens with zero attached hydrogens (tertiary/aromatic N) is 4. The molecule has 0 aliphatic carbocycles. The number of rotatable bonds is 5. The van der Waals surface area contributed by atoms with Crippen LogP contribution in [0.25, 0.3) is 10.3 Å². The van der Waals surface area contributed by atoms with Crippen LogP contribution < -0.4 is 15.4 Å². The van der Waals surface area contributed by atoms with Crippen molar-refractivity contribution in [2.24, 2.45) is 0 Å². The summed E-state index contributed by atoms with van der Waals surface area (Å²) < 4.78 is 57.2. The van der Waals surface area contributed by atoms with Crippen LogP contribution in [-0.4, -0.2) is 58.3 Å². The number of hydrogen-bond donors (Lipinski definition) is 2. The van der Waals surface area contributed by atoms with Gasteiger partial charge in [0.2, 0.25) is 5.88 Å². The molecule has 0 atom stereocenters. The van der Waals surface area contributed by atoms with E-state index >= 15 is 0 Å². The van der Waals surface area contributed by atoms with Crippen LogP contribution in [-0.2, 0) is 11.0 Å². The van der Waals surface area contributed by atoms with E-state index in [2.05, 4.69) is 25.6 Å². The van der Waals surface area contributed by atoms with Gasteiger partial charge in [-0.3, -0.25) is 10.1 Å². The average molecular weight is 514 g/mol. The number of piperidine rings is 1. The summed E-state index contributed by atoms with van der Waals surface area (Å²) in [5, 5.41) is 6.77. The summed E-state index contributed by atoms with van der Waals surface area (Å²) in [4.78, 5) is 42.6. The number of halogens is 4. The Bertz CT molecular complexity index is 1250. The summed E-state index contributed by atoms with van der Waals surface area (Å²) in [5.41, 5.74) is -1.40. The van der Waals surface area contributed by atoms with Gasteiger partial charge in [0.05, 0.1) is 12.7 Å². The van der Waals surface area contributed by atoms with Gasteiger partial charge < -0.3 is 14.9 Å². The fourth-order valence-electron chi connectivity index (χ4n) is 3.41. The van der Waals surface area contributed by atoms with Crippen molar-refractivity contribution in [3.63, 3.8) is 0 Å². The minimum atomic E-state index is -4.91. The van der Waals surface area contributed by atoms with Gasteiger partial charge in [0.25, 0.3) is 5.91 Å². The van der Waals surface area contributed by atoms with E-state index in [1.165, 1.54) is 18.5 Å². The van der Waals surface area contributed by atoms with Crippen LogP contribution in [0, 0.1) is 5.82 Å². The summed E-state index contributed by atoms with van der Waals surface area (Å²) in [6.07, 6.45) is -3.62. The molecule has 1 fully saturated rings. The van der Waals surface area contributed by atoms with Crippen molar-refractivity contribution in [3.8, 4) is 5.88 Å². The number of ether oxygens (including phenoxy) is 1. The molecule has 1 saturated heterocycles. The standard InChI is InChI=1S/C20H18F4N6O4S/c1-33-16-14-17(26-9-25-16)35-18(28-14)29-19(32)34-30-6-4-11(5-7-30)27-15(31)10-2-3-13(21)12(8-10)20(22,23)24/h2-3,8-9,11H,4-7H2,1H3,(H,27,31)(H,28,29,32). The van der Waals surface area contributed by atoms with Crippen LogP contribution >= 0.6 is 11.3 Å². The number of nitrogens with one attached hydrogen (secondary N) is 2. The molecule has 1 aromatic carbocycles. The number of benzene rings is 1. The third kappa shape index (κ3) is 5.74. The van der Waals surface area contributed by atoms with Crippen LogP contribution in [0.5, 0.6) is 5.88 Å². The van der Waals surface area contributed by atoms with E-state index in [0.717, 1.165) is 17.4 Å². The molecule has 2 aromatic heterocycles. The van der Waals surface area contributed by atoms with E-state index in [1.807, 2.05) is 0 Å². The van der Waals surface area contributed by atoms with Crippen LogP contribution in [0.2, 0.25) is 0 Å². The van der Waals surface area contributed by atoms with Crippen molar-refractivity contribution in [3.05, 3.63) is 41.5 Å². The van der Waals surface area contributed by atoms with Gasteiger partial charge in [-0.1, -0.05) is 11.3 Å². The normalized spacial score (nSPS) is 15.1. The van der Waals surface area contributed by atoms with Crippen LogP contribution in [0.15, 0.2) is 24.5 Å². The molecule has 15 heteroatoms. The lowest BCUT2D eigenvalue weighted by Gasteiger charge is -2.30. The molecule has 35 heavy (non-hydrogen) atoms. The van der Waals surface area contributed by atoms with Crippen molar-refractivity contribution in [1.82, 2.24) is 25.3 Å². The molecule has 4 rings (SSSR count). The molecule has 10 nitrogen and oxygen atoms in total. The van der Waals surface area contributed by atoms with Gasteiger partial charge in [0, 0.05) is 24.7 Å². The van der Waals surface area contributed by atoms with Gasteiger partial charge in [-0.25, -0.2) is 19.2 Å². The fraction of sp³-hybridized carbons (Fsp3) is 0.350. The number of methoxy groups -OCH3 is 1. The highest BCUT2D eigenvalue weighted by Gasteiger charge is 2.35. The zero-order valence-electron chi connectivity index (χ0n) is 18.1. The smallest absolute Gasteiger partial charge is 0.432 e. The number of thiazole rings is 1. The second-order valence-electron chi connectivity index (χ2n) is 7.43. The lowest BCUT2D eigenvalue weighted by Crippen LogP contribution is -2.45. The summed E-state index contributed by atoms with van der Waals surface area (Å²) >= 11 is 1.11. The summed E-state index contributed by atoms with van der Waals surface area (Å²) in [6, 6.07) is 1.73. The minimum absolute atomic E-state index is 0.239. The number of carbonyl (C=O) groups is 2. The lowest BCUT2D eigenvalue weighted by atomic mass is 10.0. The van der Waals surface area contributed by atoms with Crippen LogP contribution in [0.1, 0.15) is 28.8 Å². The summed E-state index contributed by atoms with van der Waals surface area (Å²) in [6.45, 7) is 0.545. The maximum Gasteiger partial charge on any atom is 0.432 e. The molecule has 0 spiro atoms. The maximum atomic E-state index is 13.4. The van der Waals surface area contributed by atoms with E-state index < -0.39 is 29.6 Å². The Morgan fingerprint density at radius 3 is 2.63 bits per heavy atom. The lowest BCUT2D eigenvalue weighted by molar-refractivity contribution is -0.140. The van der Waals surface area contributed by atoms with E-state index in [1.54, 1.807) is 0 Å². The van der Waals surface area contributed by atoms with Crippen molar-refractivity contribution in [2.75, 3.05) is 25.5 Å². The number of fused-ring (bicyclic) bond motifs is 1. The van der Waals surface area contributed by atoms with Gasteiger partial charge in [-0.2, -0.15) is 18.2 Å². The predicted octanol–water partition coefficient (Wildman–Crippen LogP) is 3.61. The van der Waals surface area contributed by atoms with E-state index in [0.29, 0.717) is 35.3 Å². The first-order valence-corrected chi connectivity index (χ1v) is 11.0. The number of anilines is 1. The molecule has 0 bridgehead atoms. The molecule has 186 valence electrons. The largest absolute Gasteiger partial charge is 0.479 e.